The van der Waals surface area contributed by atoms with Gasteiger partial charge in [-0.2, -0.15) is 0 Å². The van der Waals surface area contributed by atoms with Crippen LogP contribution in [-0.2, 0) is 6.42 Å². The third-order valence-electron chi connectivity index (χ3n) is 5.50. The zero-order valence-electron chi connectivity index (χ0n) is 16.1. The van der Waals surface area contributed by atoms with Gasteiger partial charge in [0, 0.05) is 53.7 Å². The van der Waals surface area contributed by atoms with Crippen LogP contribution in [0.1, 0.15) is 12.1 Å². The zero-order valence-corrected chi connectivity index (χ0v) is 16.9. The van der Waals surface area contributed by atoms with Gasteiger partial charge in [-0.3, -0.25) is 9.69 Å². The Morgan fingerprint density at radius 1 is 1.03 bits per heavy atom. The summed E-state index contributed by atoms with van der Waals surface area (Å²) in [5.41, 5.74) is 7.94. The molecular formula is C22H24ClFN4O. The van der Waals surface area contributed by atoms with Gasteiger partial charge in [-0.15, -0.1) is 0 Å². The van der Waals surface area contributed by atoms with E-state index >= 15 is 0 Å². The van der Waals surface area contributed by atoms with E-state index in [9.17, 15) is 9.18 Å². The summed E-state index contributed by atoms with van der Waals surface area (Å²) in [4.78, 5) is 19.9. The Kier molecular flexibility index (Phi) is 5.74. The van der Waals surface area contributed by atoms with Crippen LogP contribution in [0.3, 0.4) is 0 Å². The summed E-state index contributed by atoms with van der Waals surface area (Å²) < 4.78 is 13.5. The summed E-state index contributed by atoms with van der Waals surface area (Å²) in [6.07, 6.45) is 1.68. The molecule has 3 aromatic rings. The number of halogens is 2. The van der Waals surface area contributed by atoms with E-state index < -0.39 is 5.82 Å². The second kappa shape index (κ2) is 8.43. The van der Waals surface area contributed by atoms with Gasteiger partial charge in [-0.05, 0) is 61.9 Å². The number of nitrogen functional groups attached to an aromatic ring is 1. The maximum Gasteiger partial charge on any atom is 0.256 e. The van der Waals surface area contributed by atoms with Crippen LogP contribution >= 0.6 is 11.6 Å². The number of fused-ring (bicyclic) bond motifs is 1. The molecule has 1 fully saturated rings. The molecule has 0 saturated carbocycles. The van der Waals surface area contributed by atoms with Crippen molar-refractivity contribution in [3.05, 3.63) is 69.4 Å². The predicted octanol–water partition coefficient (Wildman–Crippen LogP) is 3.66. The predicted molar refractivity (Wildman–Crippen MR) is 117 cm³/mol. The highest BCUT2D eigenvalue weighted by molar-refractivity contribution is 6.30. The van der Waals surface area contributed by atoms with Crippen molar-refractivity contribution in [1.29, 1.82) is 0 Å². The fraction of sp³-hybridized carbons (Fsp3) is 0.318. The van der Waals surface area contributed by atoms with E-state index in [-0.39, 0.29) is 5.56 Å². The Balaban J connectivity index is 1.32. The van der Waals surface area contributed by atoms with E-state index in [0.717, 1.165) is 56.3 Å². The van der Waals surface area contributed by atoms with Crippen molar-refractivity contribution in [1.82, 2.24) is 9.88 Å². The minimum Gasteiger partial charge on any atom is -0.398 e. The van der Waals surface area contributed by atoms with Gasteiger partial charge < -0.3 is 15.6 Å². The molecule has 1 aliphatic rings. The maximum absolute atomic E-state index is 13.5. The van der Waals surface area contributed by atoms with Gasteiger partial charge in [0.15, 0.2) is 0 Å². The molecule has 7 heteroatoms. The average Bonchev–Trinajstić information content (AvgIpc) is 2.70. The normalized spacial score (nSPS) is 15.2. The summed E-state index contributed by atoms with van der Waals surface area (Å²) in [6, 6.07) is 12.3. The smallest absolute Gasteiger partial charge is 0.256 e. The number of anilines is 2. The van der Waals surface area contributed by atoms with E-state index in [0.29, 0.717) is 16.5 Å². The van der Waals surface area contributed by atoms with Crippen molar-refractivity contribution in [2.75, 3.05) is 43.4 Å². The summed E-state index contributed by atoms with van der Waals surface area (Å²) in [5.74, 6) is -0.494. The molecule has 5 nitrogen and oxygen atoms in total. The number of hydrogen-bond acceptors (Lipinski definition) is 4. The molecule has 0 atom stereocenters. The number of rotatable bonds is 5. The van der Waals surface area contributed by atoms with E-state index in [2.05, 4.69) is 26.9 Å². The van der Waals surface area contributed by atoms with Gasteiger partial charge in [-0.1, -0.05) is 11.6 Å². The quantitative estimate of drug-likeness (QED) is 0.625. The lowest BCUT2D eigenvalue weighted by molar-refractivity contribution is 0.255. The highest BCUT2D eigenvalue weighted by Crippen LogP contribution is 2.22. The molecule has 0 unspecified atom stereocenters. The summed E-state index contributed by atoms with van der Waals surface area (Å²) in [5, 5.41) is 1.66. The number of nitrogens with two attached hydrogens (primary N) is 1. The summed E-state index contributed by atoms with van der Waals surface area (Å²) in [6.45, 7) is 4.94. The molecule has 4 rings (SSSR count). The SMILES string of the molecule is Nc1cc(F)cc2c(=O)[nH]c(CCCN3CCN(c4ccc(Cl)cc4)CC3)cc12. The lowest BCUT2D eigenvalue weighted by atomic mass is 10.1. The molecule has 1 aromatic heterocycles. The monoisotopic (exact) mass is 414 g/mol. The number of H-pyrrole nitrogens is 1. The van der Waals surface area contributed by atoms with Gasteiger partial charge in [-0.25, -0.2) is 4.39 Å². The first-order valence-corrected chi connectivity index (χ1v) is 10.2. The van der Waals surface area contributed by atoms with Crippen LogP contribution in [0.4, 0.5) is 15.8 Å². The molecule has 0 bridgehead atoms. The maximum atomic E-state index is 13.5. The molecule has 152 valence electrons. The topological polar surface area (TPSA) is 65.4 Å². The number of benzene rings is 2. The molecule has 0 radical (unpaired) electrons. The van der Waals surface area contributed by atoms with E-state index in [1.807, 2.05) is 18.2 Å². The second-order valence-electron chi connectivity index (χ2n) is 7.49. The van der Waals surface area contributed by atoms with E-state index in [1.54, 1.807) is 0 Å². The van der Waals surface area contributed by atoms with Gasteiger partial charge in [0.25, 0.3) is 5.56 Å². The van der Waals surface area contributed by atoms with Crippen molar-refractivity contribution in [2.45, 2.75) is 12.8 Å². The molecule has 1 saturated heterocycles. The number of hydrogen-bond donors (Lipinski definition) is 2. The van der Waals surface area contributed by atoms with Gasteiger partial charge in [0.2, 0.25) is 0 Å². The summed E-state index contributed by atoms with van der Waals surface area (Å²) >= 11 is 5.97. The second-order valence-corrected chi connectivity index (χ2v) is 7.93. The highest BCUT2D eigenvalue weighted by Gasteiger charge is 2.17. The fourth-order valence-electron chi connectivity index (χ4n) is 3.92. The van der Waals surface area contributed by atoms with Crippen LogP contribution in [0, 0.1) is 5.82 Å². The molecule has 3 N–H and O–H groups in total. The van der Waals surface area contributed by atoms with Crippen molar-refractivity contribution >= 4 is 33.7 Å². The van der Waals surface area contributed by atoms with Crippen molar-refractivity contribution < 1.29 is 4.39 Å². The Hall–Kier alpha value is -2.57. The minimum absolute atomic E-state index is 0.291. The third kappa shape index (κ3) is 4.54. The number of piperazine rings is 1. The first-order chi connectivity index (χ1) is 14.0. The third-order valence-corrected chi connectivity index (χ3v) is 5.75. The number of aromatic nitrogens is 1. The minimum atomic E-state index is -0.494. The Morgan fingerprint density at radius 2 is 1.76 bits per heavy atom. The Labute approximate surface area is 173 Å². The Morgan fingerprint density at radius 3 is 2.48 bits per heavy atom. The molecule has 29 heavy (non-hydrogen) atoms. The van der Waals surface area contributed by atoms with Crippen LogP contribution in [0.25, 0.3) is 10.8 Å². The molecule has 2 aromatic carbocycles. The van der Waals surface area contributed by atoms with Crippen LogP contribution in [0.2, 0.25) is 5.02 Å². The fourth-order valence-corrected chi connectivity index (χ4v) is 4.05. The Bertz CT molecular complexity index is 1060. The summed E-state index contributed by atoms with van der Waals surface area (Å²) in [7, 11) is 0. The number of pyridine rings is 1. The van der Waals surface area contributed by atoms with E-state index in [1.165, 1.54) is 17.8 Å². The number of aryl methyl sites for hydroxylation is 1. The van der Waals surface area contributed by atoms with Gasteiger partial charge in [0.1, 0.15) is 5.82 Å². The van der Waals surface area contributed by atoms with Gasteiger partial charge >= 0.3 is 0 Å². The van der Waals surface area contributed by atoms with E-state index in [4.69, 9.17) is 17.3 Å². The molecule has 1 aliphatic heterocycles. The first kappa shape index (κ1) is 19.7. The van der Waals surface area contributed by atoms with Crippen LogP contribution in [-0.4, -0.2) is 42.6 Å². The molecule has 0 amide bonds. The zero-order chi connectivity index (χ0) is 20.4. The van der Waals surface area contributed by atoms with Crippen LogP contribution in [0.15, 0.2) is 47.3 Å². The number of nitrogens with one attached hydrogen (secondary N) is 1. The van der Waals surface area contributed by atoms with Crippen molar-refractivity contribution in [3.63, 3.8) is 0 Å². The van der Waals surface area contributed by atoms with Crippen LogP contribution in [0.5, 0.6) is 0 Å². The lowest BCUT2D eigenvalue weighted by Gasteiger charge is -2.36. The molecule has 0 aliphatic carbocycles. The molecular weight excluding hydrogens is 391 g/mol. The van der Waals surface area contributed by atoms with Crippen LogP contribution < -0.4 is 16.2 Å². The van der Waals surface area contributed by atoms with Crippen molar-refractivity contribution in [3.8, 4) is 0 Å². The van der Waals surface area contributed by atoms with Crippen molar-refractivity contribution in [2.24, 2.45) is 0 Å². The lowest BCUT2D eigenvalue weighted by Crippen LogP contribution is -2.46. The molecule has 0 spiro atoms. The molecule has 2 heterocycles. The first-order valence-electron chi connectivity index (χ1n) is 9.83. The number of nitrogens with zero attached hydrogens (tertiary/aromatic N) is 2. The largest absolute Gasteiger partial charge is 0.398 e. The van der Waals surface area contributed by atoms with Gasteiger partial charge in [0.05, 0.1) is 5.39 Å². The standard InChI is InChI=1S/C22H24ClFN4O/c23-15-3-5-18(6-4-15)28-10-8-27(9-11-28)7-1-2-17-14-19-20(22(29)26-17)12-16(24)13-21(19)25/h3-6,12-14H,1-2,7-11,25H2,(H,26,29). The average molecular weight is 415 g/mol. The highest BCUT2D eigenvalue weighted by atomic mass is 35.5. The number of aromatic amines is 1.